The molecule has 184 valence electrons. The van der Waals surface area contributed by atoms with E-state index in [1.165, 1.54) is 18.7 Å². The molecule has 36 heavy (non-hydrogen) atoms. The number of anilines is 1. The number of halogens is 2. The summed E-state index contributed by atoms with van der Waals surface area (Å²) in [4.78, 5) is 19.2. The number of nitrogens with zero attached hydrogens (tertiary/aromatic N) is 6. The molecule has 3 aliphatic rings. The number of piperidine rings is 1. The van der Waals surface area contributed by atoms with Crippen molar-refractivity contribution in [3.05, 3.63) is 58.9 Å². The van der Waals surface area contributed by atoms with Gasteiger partial charge in [-0.3, -0.25) is 0 Å². The van der Waals surface area contributed by atoms with Crippen LogP contribution in [0, 0.1) is 29.0 Å². The molecule has 1 aliphatic carbocycles. The van der Waals surface area contributed by atoms with Crippen LogP contribution in [0.15, 0.2) is 36.9 Å². The van der Waals surface area contributed by atoms with E-state index in [-0.39, 0.29) is 23.9 Å². The van der Waals surface area contributed by atoms with Crippen LogP contribution in [-0.4, -0.2) is 52.3 Å². The molecular formula is C25H22ClFN6O3. The third-order valence-electron chi connectivity index (χ3n) is 6.70. The number of hydrogen-bond donors (Lipinski definition) is 0. The van der Waals surface area contributed by atoms with Gasteiger partial charge in [0.25, 0.3) is 0 Å². The average Bonchev–Trinajstić information content (AvgIpc) is 3.71. The number of ether oxygens (including phenoxy) is 3. The van der Waals surface area contributed by atoms with Crippen LogP contribution in [0.3, 0.4) is 0 Å². The first-order valence-corrected chi connectivity index (χ1v) is 12.2. The topological polar surface area (TPSA) is 106 Å². The van der Waals surface area contributed by atoms with Gasteiger partial charge in [-0.15, -0.1) is 0 Å². The fraction of sp³-hybridized carbons (Fsp3) is 0.400. The molecule has 2 atom stereocenters. The van der Waals surface area contributed by atoms with Crippen molar-refractivity contribution in [2.45, 2.75) is 24.9 Å². The second-order valence-corrected chi connectivity index (χ2v) is 9.68. The molecule has 0 N–H and O–H groups in total. The molecule has 0 spiro atoms. The molecule has 0 amide bonds. The van der Waals surface area contributed by atoms with Gasteiger partial charge in [-0.25, -0.2) is 24.3 Å². The lowest BCUT2D eigenvalue weighted by Gasteiger charge is -2.46. The van der Waals surface area contributed by atoms with Gasteiger partial charge in [0.1, 0.15) is 18.2 Å². The predicted molar refractivity (Wildman–Crippen MR) is 127 cm³/mol. The minimum absolute atomic E-state index is 0.0607. The number of benzene rings is 1. The predicted octanol–water partition coefficient (Wildman–Crippen LogP) is 4.13. The Morgan fingerprint density at radius 2 is 1.78 bits per heavy atom. The minimum Gasteiger partial charge on any atom is -0.473 e. The molecule has 1 saturated carbocycles. The van der Waals surface area contributed by atoms with E-state index in [1.807, 2.05) is 0 Å². The van der Waals surface area contributed by atoms with Gasteiger partial charge in [0.15, 0.2) is 5.82 Å². The largest absolute Gasteiger partial charge is 0.473 e. The first-order valence-electron chi connectivity index (χ1n) is 11.8. The quantitative estimate of drug-likeness (QED) is 0.485. The van der Waals surface area contributed by atoms with Crippen molar-refractivity contribution in [3.8, 4) is 23.6 Å². The Bertz CT molecular complexity index is 1300. The van der Waals surface area contributed by atoms with Gasteiger partial charge in [-0.05, 0) is 37.0 Å². The number of fused-ring (bicyclic) bond motifs is 2. The van der Waals surface area contributed by atoms with Crippen LogP contribution in [0.25, 0.3) is 0 Å². The van der Waals surface area contributed by atoms with E-state index in [2.05, 4.69) is 30.9 Å². The van der Waals surface area contributed by atoms with Crippen molar-refractivity contribution >= 4 is 17.5 Å². The van der Waals surface area contributed by atoms with E-state index in [0.29, 0.717) is 60.3 Å². The zero-order valence-corrected chi connectivity index (χ0v) is 19.9. The van der Waals surface area contributed by atoms with E-state index < -0.39 is 5.82 Å². The third kappa shape index (κ3) is 4.52. The van der Waals surface area contributed by atoms with E-state index in [9.17, 15) is 4.39 Å². The maximum absolute atomic E-state index is 13.3. The van der Waals surface area contributed by atoms with Crippen LogP contribution in [0.5, 0.6) is 17.5 Å². The van der Waals surface area contributed by atoms with Gasteiger partial charge < -0.3 is 19.1 Å². The van der Waals surface area contributed by atoms with E-state index in [1.54, 1.807) is 18.2 Å². The molecule has 2 saturated heterocycles. The van der Waals surface area contributed by atoms with Crippen LogP contribution in [-0.2, 0) is 4.74 Å². The van der Waals surface area contributed by atoms with Crippen molar-refractivity contribution in [2.75, 3.05) is 31.2 Å². The molecule has 2 unspecified atom stereocenters. The van der Waals surface area contributed by atoms with Crippen LogP contribution in [0.2, 0.25) is 5.02 Å². The van der Waals surface area contributed by atoms with Crippen molar-refractivity contribution in [2.24, 2.45) is 11.8 Å². The Morgan fingerprint density at radius 1 is 1.06 bits per heavy atom. The average molecular weight is 509 g/mol. The van der Waals surface area contributed by atoms with E-state index in [4.69, 9.17) is 31.1 Å². The molecule has 3 aromatic rings. The second-order valence-electron chi connectivity index (χ2n) is 9.28. The molecule has 4 heterocycles. The summed E-state index contributed by atoms with van der Waals surface area (Å²) in [6.45, 7) is 2.32. The molecule has 1 aromatic carbocycles. The summed E-state index contributed by atoms with van der Waals surface area (Å²) < 4.78 is 31.8. The van der Waals surface area contributed by atoms with Gasteiger partial charge in [0, 0.05) is 24.9 Å². The Morgan fingerprint density at radius 3 is 2.44 bits per heavy atom. The summed E-state index contributed by atoms with van der Waals surface area (Å²) in [7, 11) is 0. The lowest BCUT2D eigenvalue weighted by atomic mass is 9.84. The lowest BCUT2D eigenvalue weighted by Crippen LogP contribution is -2.58. The number of hydrogen-bond acceptors (Lipinski definition) is 9. The van der Waals surface area contributed by atoms with Gasteiger partial charge >= 0.3 is 0 Å². The highest BCUT2D eigenvalue weighted by Crippen LogP contribution is 2.49. The molecular weight excluding hydrogens is 487 g/mol. The highest BCUT2D eigenvalue weighted by atomic mass is 35.5. The summed E-state index contributed by atoms with van der Waals surface area (Å²) in [6.07, 6.45) is 5.68. The maximum atomic E-state index is 13.3. The normalized spacial score (nSPS) is 23.1. The Kier molecular flexibility index (Phi) is 6.03. The monoisotopic (exact) mass is 508 g/mol. The summed E-state index contributed by atoms with van der Waals surface area (Å²) >= 11 is 6.34. The van der Waals surface area contributed by atoms with Crippen LogP contribution < -0.4 is 14.4 Å². The molecule has 6 rings (SSSR count). The fourth-order valence-corrected chi connectivity index (χ4v) is 5.09. The maximum Gasteiger partial charge on any atom is 0.229 e. The zero-order chi connectivity index (χ0) is 24.6. The smallest absolute Gasteiger partial charge is 0.229 e. The Hall–Kier alpha value is -3.55. The highest BCUT2D eigenvalue weighted by Gasteiger charge is 2.44. The van der Waals surface area contributed by atoms with Crippen molar-refractivity contribution in [3.63, 3.8) is 0 Å². The Balaban J connectivity index is 1.25. The van der Waals surface area contributed by atoms with E-state index >= 15 is 0 Å². The molecule has 9 nitrogen and oxygen atoms in total. The molecule has 2 aliphatic heterocycles. The molecule has 0 radical (unpaired) electrons. The van der Waals surface area contributed by atoms with Crippen molar-refractivity contribution in [1.29, 1.82) is 5.26 Å². The highest BCUT2D eigenvalue weighted by molar-refractivity contribution is 6.32. The summed E-state index contributed by atoms with van der Waals surface area (Å²) in [5.41, 5.74) is 1.29. The summed E-state index contributed by atoms with van der Waals surface area (Å²) in [6, 6.07) is 6.94. The lowest BCUT2D eigenvalue weighted by molar-refractivity contribution is -0.0773. The molecule has 3 fully saturated rings. The fourth-order valence-electron chi connectivity index (χ4n) is 4.87. The van der Waals surface area contributed by atoms with Crippen LogP contribution in [0.1, 0.15) is 29.9 Å². The number of rotatable bonds is 6. The zero-order valence-electron chi connectivity index (χ0n) is 19.2. The van der Waals surface area contributed by atoms with Gasteiger partial charge in [-0.1, -0.05) is 11.6 Å². The minimum atomic E-state index is -0.461. The van der Waals surface area contributed by atoms with Crippen LogP contribution in [0.4, 0.5) is 10.3 Å². The molecule has 2 aromatic heterocycles. The van der Waals surface area contributed by atoms with Crippen molar-refractivity contribution < 1.29 is 18.6 Å². The third-order valence-corrected chi connectivity index (χ3v) is 7.00. The summed E-state index contributed by atoms with van der Waals surface area (Å²) in [5, 5.41) is 9.43. The molecule has 2 bridgehead atoms. The first kappa shape index (κ1) is 22.9. The molecule has 11 heteroatoms. The van der Waals surface area contributed by atoms with Gasteiger partial charge in [0.2, 0.25) is 17.7 Å². The summed E-state index contributed by atoms with van der Waals surface area (Å²) in [5.74, 6) is 1.75. The van der Waals surface area contributed by atoms with Crippen molar-refractivity contribution in [1.82, 2.24) is 19.9 Å². The number of nitriles is 1. The number of aromatic nitrogens is 4. The SMILES string of the molecule is N#Cc1ccc(Oc2ncnc(OC3C4COCC3CN(c3ncc(F)cn3)C4)c2C2CC2)c(Cl)c1. The standard InChI is InChI=1S/C25H22ClFN6O3/c26-19-5-14(6-28)1-4-20(19)35-23-21(15-2-3-15)24(32-13-31-23)36-22-16-9-33(10-17(22)12-34-11-16)25-29-7-18(27)8-30-25/h1,4-5,7-8,13,15-17,22H,2-3,9-12H2. The van der Waals surface area contributed by atoms with E-state index in [0.717, 1.165) is 18.4 Å². The van der Waals surface area contributed by atoms with Crippen LogP contribution >= 0.6 is 11.6 Å². The Labute approximate surface area is 211 Å². The first-order chi connectivity index (χ1) is 17.6. The van der Waals surface area contributed by atoms with Gasteiger partial charge in [0.05, 0.1) is 47.8 Å². The second kappa shape index (κ2) is 9.48. The van der Waals surface area contributed by atoms with Gasteiger partial charge in [-0.2, -0.15) is 5.26 Å².